The average Bonchev–Trinajstić information content (AvgIpc) is 2.70. The van der Waals surface area contributed by atoms with Gasteiger partial charge in [-0.25, -0.2) is 4.79 Å². The third-order valence-electron chi connectivity index (χ3n) is 2.22. The van der Waals surface area contributed by atoms with Crippen LogP contribution >= 0.6 is 0 Å². The number of ether oxygens (including phenoxy) is 1. The fourth-order valence-electron chi connectivity index (χ4n) is 1.47. The first-order chi connectivity index (χ1) is 7.26. The molecule has 0 saturated heterocycles. The fraction of sp³-hybridized carbons (Fsp3) is 0.0909. The molecule has 0 aliphatic rings. The topological polar surface area (TPSA) is 65.9 Å². The van der Waals surface area contributed by atoms with Crippen LogP contribution in [0.4, 0.5) is 0 Å². The van der Waals surface area contributed by atoms with Gasteiger partial charge in [0.05, 0.1) is 24.3 Å². The van der Waals surface area contributed by atoms with Crippen molar-refractivity contribution in [3.05, 3.63) is 35.5 Å². The quantitative estimate of drug-likeness (QED) is 0.714. The Labute approximate surface area is 86.1 Å². The molecular formula is C11H8N2O2. The molecule has 0 aliphatic heterocycles. The van der Waals surface area contributed by atoms with E-state index in [0.29, 0.717) is 16.5 Å². The maximum Gasteiger partial charge on any atom is 0.340 e. The standard InChI is InChI=1S/C11H8N2O2/c1-15-11(14)9-6-13-10-3-2-7(5-12)4-8(9)10/h2-4,6,13H,1H3. The molecule has 0 saturated carbocycles. The van der Waals surface area contributed by atoms with Crippen LogP contribution in [-0.4, -0.2) is 18.1 Å². The largest absolute Gasteiger partial charge is 0.465 e. The van der Waals surface area contributed by atoms with Gasteiger partial charge in [0.2, 0.25) is 0 Å². The highest BCUT2D eigenvalue weighted by Gasteiger charge is 2.12. The van der Waals surface area contributed by atoms with Gasteiger partial charge in [0.25, 0.3) is 0 Å². The first kappa shape index (κ1) is 9.28. The highest BCUT2D eigenvalue weighted by atomic mass is 16.5. The number of aromatic amines is 1. The Balaban J connectivity index is 2.67. The van der Waals surface area contributed by atoms with Crippen LogP contribution in [0.25, 0.3) is 10.9 Å². The number of benzene rings is 1. The number of nitrogens with one attached hydrogen (secondary N) is 1. The molecule has 4 nitrogen and oxygen atoms in total. The van der Waals surface area contributed by atoms with Gasteiger partial charge in [-0.3, -0.25) is 0 Å². The van der Waals surface area contributed by atoms with E-state index in [1.165, 1.54) is 7.11 Å². The molecule has 0 bridgehead atoms. The normalized spacial score (nSPS) is 9.87. The molecule has 1 N–H and O–H groups in total. The summed E-state index contributed by atoms with van der Waals surface area (Å²) < 4.78 is 4.63. The number of fused-ring (bicyclic) bond motifs is 1. The SMILES string of the molecule is COC(=O)c1c[nH]c2ccc(C#N)cc12. The summed E-state index contributed by atoms with van der Waals surface area (Å²) in [6, 6.07) is 7.15. The second-order valence-corrected chi connectivity index (χ2v) is 3.07. The molecule has 2 rings (SSSR count). The molecule has 15 heavy (non-hydrogen) atoms. The summed E-state index contributed by atoms with van der Waals surface area (Å²) in [7, 11) is 1.33. The third-order valence-corrected chi connectivity index (χ3v) is 2.22. The highest BCUT2D eigenvalue weighted by Crippen LogP contribution is 2.20. The van der Waals surface area contributed by atoms with Crippen molar-refractivity contribution in [3.63, 3.8) is 0 Å². The van der Waals surface area contributed by atoms with E-state index in [4.69, 9.17) is 5.26 Å². The zero-order valence-corrected chi connectivity index (χ0v) is 8.07. The van der Waals surface area contributed by atoms with E-state index in [0.717, 1.165) is 5.52 Å². The van der Waals surface area contributed by atoms with Crippen molar-refractivity contribution in [2.75, 3.05) is 7.11 Å². The number of carbonyl (C=O) groups is 1. The van der Waals surface area contributed by atoms with Crippen molar-refractivity contribution in [2.45, 2.75) is 0 Å². The molecule has 0 atom stereocenters. The van der Waals surface area contributed by atoms with Crippen molar-refractivity contribution in [1.82, 2.24) is 4.98 Å². The van der Waals surface area contributed by atoms with Crippen LogP contribution in [0, 0.1) is 11.3 Å². The first-order valence-corrected chi connectivity index (χ1v) is 4.36. The molecule has 0 amide bonds. The van der Waals surface area contributed by atoms with Crippen molar-refractivity contribution in [3.8, 4) is 6.07 Å². The van der Waals surface area contributed by atoms with Gasteiger partial charge >= 0.3 is 5.97 Å². The molecule has 0 radical (unpaired) electrons. The maximum atomic E-state index is 11.4. The Hall–Kier alpha value is -2.28. The summed E-state index contributed by atoms with van der Waals surface area (Å²) in [5.74, 6) is -0.406. The number of aromatic nitrogens is 1. The van der Waals surface area contributed by atoms with E-state index in [1.54, 1.807) is 24.4 Å². The highest BCUT2D eigenvalue weighted by molar-refractivity contribution is 6.04. The molecule has 4 heteroatoms. The average molecular weight is 200 g/mol. The molecule has 1 aromatic carbocycles. The van der Waals surface area contributed by atoms with Gasteiger partial charge in [0.15, 0.2) is 0 Å². The Morgan fingerprint density at radius 1 is 1.53 bits per heavy atom. The minimum Gasteiger partial charge on any atom is -0.465 e. The van der Waals surface area contributed by atoms with Crippen LogP contribution in [0.5, 0.6) is 0 Å². The summed E-state index contributed by atoms with van der Waals surface area (Å²) in [6.07, 6.45) is 1.58. The van der Waals surface area contributed by atoms with Crippen LogP contribution in [0.15, 0.2) is 24.4 Å². The number of methoxy groups -OCH3 is 1. The summed E-state index contributed by atoms with van der Waals surface area (Å²) >= 11 is 0. The molecule has 1 aromatic heterocycles. The molecule has 2 aromatic rings. The van der Waals surface area contributed by atoms with Gasteiger partial charge in [-0.15, -0.1) is 0 Å². The Kier molecular flexibility index (Phi) is 2.14. The molecular weight excluding hydrogens is 192 g/mol. The lowest BCUT2D eigenvalue weighted by Crippen LogP contribution is -1.99. The van der Waals surface area contributed by atoms with Crippen LogP contribution in [0.1, 0.15) is 15.9 Å². The second-order valence-electron chi connectivity index (χ2n) is 3.07. The molecule has 0 aliphatic carbocycles. The predicted octanol–water partition coefficient (Wildman–Crippen LogP) is 1.83. The summed E-state index contributed by atoms with van der Waals surface area (Å²) in [5, 5.41) is 9.45. The fourth-order valence-corrected chi connectivity index (χ4v) is 1.47. The zero-order valence-electron chi connectivity index (χ0n) is 8.07. The Morgan fingerprint density at radius 3 is 3.00 bits per heavy atom. The summed E-state index contributed by atoms with van der Waals surface area (Å²) in [5.41, 5.74) is 1.78. The smallest absolute Gasteiger partial charge is 0.340 e. The van der Waals surface area contributed by atoms with E-state index >= 15 is 0 Å². The van der Waals surface area contributed by atoms with Gasteiger partial charge in [-0.05, 0) is 18.2 Å². The van der Waals surface area contributed by atoms with E-state index in [9.17, 15) is 4.79 Å². The van der Waals surface area contributed by atoms with E-state index < -0.39 is 5.97 Å². The number of hydrogen-bond acceptors (Lipinski definition) is 3. The first-order valence-electron chi connectivity index (χ1n) is 4.36. The van der Waals surface area contributed by atoms with Crippen molar-refractivity contribution >= 4 is 16.9 Å². The third kappa shape index (κ3) is 1.44. The van der Waals surface area contributed by atoms with Gasteiger partial charge in [0.1, 0.15) is 0 Å². The summed E-state index contributed by atoms with van der Waals surface area (Å²) in [4.78, 5) is 14.3. The van der Waals surface area contributed by atoms with E-state index in [1.807, 2.05) is 6.07 Å². The lowest BCUT2D eigenvalue weighted by molar-refractivity contribution is 0.0603. The van der Waals surface area contributed by atoms with Crippen molar-refractivity contribution in [2.24, 2.45) is 0 Å². The number of nitriles is 1. The maximum absolute atomic E-state index is 11.4. The number of nitrogens with zero attached hydrogens (tertiary/aromatic N) is 1. The number of rotatable bonds is 1. The lowest BCUT2D eigenvalue weighted by atomic mass is 10.1. The van der Waals surface area contributed by atoms with Crippen molar-refractivity contribution in [1.29, 1.82) is 5.26 Å². The van der Waals surface area contributed by atoms with Crippen molar-refractivity contribution < 1.29 is 9.53 Å². The Bertz CT molecular complexity index is 563. The number of H-pyrrole nitrogens is 1. The molecule has 1 heterocycles. The second kappa shape index (κ2) is 3.46. The molecule has 74 valence electrons. The lowest BCUT2D eigenvalue weighted by Gasteiger charge is -1.96. The van der Waals surface area contributed by atoms with Crippen LogP contribution in [0.2, 0.25) is 0 Å². The molecule has 0 spiro atoms. The van der Waals surface area contributed by atoms with Crippen LogP contribution < -0.4 is 0 Å². The minimum atomic E-state index is -0.406. The predicted molar refractivity (Wildman–Crippen MR) is 54.4 cm³/mol. The zero-order chi connectivity index (χ0) is 10.8. The minimum absolute atomic E-state index is 0.406. The van der Waals surface area contributed by atoms with Crippen LogP contribution in [-0.2, 0) is 4.74 Å². The van der Waals surface area contributed by atoms with Gasteiger partial charge in [-0.1, -0.05) is 0 Å². The molecule has 0 unspecified atom stereocenters. The van der Waals surface area contributed by atoms with Gasteiger partial charge in [-0.2, -0.15) is 5.26 Å². The van der Waals surface area contributed by atoms with E-state index in [2.05, 4.69) is 9.72 Å². The summed E-state index contributed by atoms with van der Waals surface area (Å²) in [6.45, 7) is 0. The number of hydrogen-bond donors (Lipinski definition) is 1. The van der Waals surface area contributed by atoms with Gasteiger partial charge in [0, 0.05) is 17.1 Å². The number of esters is 1. The van der Waals surface area contributed by atoms with E-state index in [-0.39, 0.29) is 0 Å². The van der Waals surface area contributed by atoms with Gasteiger partial charge < -0.3 is 9.72 Å². The number of carbonyl (C=O) groups excluding carboxylic acids is 1. The molecule has 0 fully saturated rings. The Morgan fingerprint density at radius 2 is 2.33 bits per heavy atom. The van der Waals surface area contributed by atoms with Crippen LogP contribution in [0.3, 0.4) is 0 Å². The monoisotopic (exact) mass is 200 g/mol.